The van der Waals surface area contributed by atoms with Crippen molar-refractivity contribution in [3.63, 3.8) is 0 Å². The van der Waals surface area contributed by atoms with Crippen LogP contribution in [0.5, 0.6) is 0 Å². The van der Waals surface area contributed by atoms with E-state index in [1.54, 1.807) is 30.4 Å². The number of hydrogen-bond acceptors (Lipinski definition) is 2. The van der Waals surface area contributed by atoms with Gasteiger partial charge in [-0.1, -0.05) is 35.3 Å². The van der Waals surface area contributed by atoms with Crippen LogP contribution in [0.25, 0.3) is 17.0 Å². The molecule has 1 heterocycles. The summed E-state index contributed by atoms with van der Waals surface area (Å²) in [5.41, 5.74) is 0.815. The molecule has 8 heteroatoms. The summed E-state index contributed by atoms with van der Waals surface area (Å²) in [7, 11) is 0. The van der Waals surface area contributed by atoms with Gasteiger partial charge in [-0.25, -0.2) is 0 Å². The highest BCUT2D eigenvalue weighted by molar-refractivity contribution is 6.35. The average Bonchev–Trinajstić information content (AvgIpc) is 2.94. The summed E-state index contributed by atoms with van der Waals surface area (Å²) in [5.74, 6) is 0. The first-order valence-electron chi connectivity index (χ1n) is 8.08. The number of aliphatic hydroxyl groups excluding tert-OH is 1. The number of fused-ring (bicyclic) bond motifs is 1. The number of hydrogen-bond donors (Lipinski definition) is 1. The maximum Gasteiger partial charge on any atom is 0.416 e. The first kappa shape index (κ1) is 19.7. The number of aliphatic hydroxyl groups is 1. The molecule has 0 aliphatic carbocycles. The van der Waals surface area contributed by atoms with E-state index in [0.29, 0.717) is 38.6 Å². The van der Waals surface area contributed by atoms with Crippen molar-refractivity contribution in [3.05, 3.63) is 69.3 Å². The van der Waals surface area contributed by atoms with Gasteiger partial charge in [0.2, 0.25) is 0 Å². The van der Waals surface area contributed by atoms with Crippen LogP contribution in [0.1, 0.15) is 23.2 Å². The first-order valence-corrected chi connectivity index (χ1v) is 8.84. The molecule has 3 nitrogen and oxygen atoms in total. The van der Waals surface area contributed by atoms with Crippen molar-refractivity contribution in [2.45, 2.75) is 19.1 Å². The Morgan fingerprint density at radius 2 is 1.89 bits per heavy atom. The molecule has 0 bridgehead atoms. The van der Waals surface area contributed by atoms with E-state index in [-0.39, 0.29) is 13.2 Å². The minimum atomic E-state index is -4.45. The second-order valence-electron chi connectivity index (χ2n) is 5.92. The molecular weight excluding hydrogens is 400 g/mol. The quantitative estimate of drug-likeness (QED) is 0.572. The molecule has 1 N–H and O–H groups in total. The van der Waals surface area contributed by atoms with Crippen molar-refractivity contribution in [2.24, 2.45) is 0 Å². The predicted octanol–water partition coefficient (Wildman–Crippen LogP) is 5.81. The summed E-state index contributed by atoms with van der Waals surface area (Å²) < 4.78 is 40.9. The number of alkyl halides is 3. The molecular formula is C19H15Cl2F3N2O. The van der Waals surface area contributed by atoms with Gasteiger partial charge < -0.3 is 5.11 Å². The number of aromatic nitrogens is 2. The van der Waals surface area contributed by atoms with Crippen LogP contribution in [0, 0.1) is 0 Å². The Morgan fingerprint density at radius 3 is 2.56 bits per heavy atom. The molecule has 0 atom stereocenters. The van der Waals surface area contributed by atoms with Crippen molar-refractivity contribution in [3.8, 4) is 0 Å². The Kier molecular flexibility index (Phi) is 5.79. The minimum Gasteiger partial charge on any atom is -0.396 e. The van der Waals surface area contributed by atoms with Gasteiger partial charge >= 0.3 is 6.18 Å². The summed E-state index contributed by atoms with van der Waals surface area (Å²) in [6.07, 6.45) is -0.614. The molecule has 0 aliphatic rings. The second-order valence-corrected chi connectivity index (χ2v) is 6.77. The van der Waals surface area contributed by atoms with Crippen LogP contribution >= 0.6 is 23.2 Å². The Hall–Kier alpha value is -2.02. The SMILES string of the molecule is OCCC=Cc1nn(Cc2ccc(Cl)cc2Cl)c2cc(C(F)(F)F)ccc12. The Labute approximate surface area is 163 Å². The highest BCUT2D eigenvalue weighted by atomic mass is 35.5. The fraction of sp³-hybridized carbons (Fsp3) is 0.211. The third kappa shape index (κ3) is 4.46. The third-order valence-corrected chi connectivity index (χ3v) is 4.60. The van der Waals surface area contributed by atoms with E-state index in [4.69, 9.17) is 28.3 Å². The molecule has 27 heavy (non-hydrogen) atoms. The molecule has 0 spiro atoms. The average molecular weight is 415 g/mol. The van der Waals surface area contributed by atoms with E-state index in [0.717, 1.165) is 12.1 Å². The zero-order valence-corrected chi connectivity index (χ0v) is 15.5. The predicted molar refractivity (Wildman–Crippen MR) is 101 cm³/mol. The number of benzene rings is 2. The number of nitrogens with zero attached hydrogens (tertiary/aromatic N) is 2. The summed E-state index contributed by atoms with van der Waals surface area (Å²) >= 11 is 12.1. The summed E-state index contributed by atoms with van der Waals surface area (Å²) in [4.78, 5) is 0. The molecule has 0 saturated heterocycles. The van der Waals surface area contributed by atoms with E-state index in [2.05, 4.69) is 5.10 Å². The van der Waals surface area contributed by atoms with Gasteiger partial charge in [-0.15, -0.1) is 0 Å². The molecule has 3 rings (SSSR count). The monoisotopic (exact) mass is 414 g/mol. The number of halogens is 5. The normalized spacial score (nSPS) is 12.4. The van der Waals surface area contributed by atoms with Crippen LogP contribution in [0.2, 0.25) is 10.0 Å². The van der Waals surface area contributed by atoms with Crippen molar-refractivity contribution >= 4 is 40.2 Å². The van der Waals surface area contributed by atoms with Crippen LogP contribution in [0.4, 0.5) is 13.2 Å². The zero-order chi connectivity index (χ0) is 19.6. The van der Waals surface area contributed by atoms with Gasteiger partial charge in [-0.3, -0.25) is 4.68 Å². The van der Waals surface area contributed by atoms with E-state index in [1.807, 2.05) is 0 Å². The van der Waals surface area contributed by atoms with Crippen LogP contribution < -0.4 is 0 Å². The van der Waals surface area contributed by atoms with Crippen molar-refractivity contribution in [2.75, 3.05) is 6.61 Å². The van der Waals surface area contributed by atoms with Gasteiger partial charge in [0.25, 0.3) is 0 Å². The summed E-state index contributed by atoms with van der Waals surface area (Å²) in [5, 5.41) is 14.8. The lowest BCUT2D eigenvalue weighted by atomic mass is 10.1. The molecule has 3 aromatic rings. The lowest BCUT2D eigenvalue weighted by molar-refractivity contribution is -0.137. The summed E-state index contributed by atoms with van der Waals surface area (Å²) in [6.45, 7) is 0.176. The maximum absolute atomic E-state index is 13.1. The first-order chi connectivity index (χ1) is 12.8. The second kappa shape index (κ2) is 7.92. The minimum absolute atomic E-state index is 0.0201. The van der Waals surface area contributed by atoms with Crippen LogP contribution in [0.15, 0.2) is 42.5 Å². The lowest BCUT2D eigenvalue weighted by Gasteiger charge is -2.09. The van der Waals surface area contributed by atoms with Gasteiger partial charge in [-0.05, 0) is 48.4 Å². The molecule has 0 radical (unpaired) electrons. The van der Waals surface area contributed by atoms with Crippen molar-refractivity contribution in [1.82, 2.24) is 9.78 Å². The van der Waals surface area contributed by atoms with E-state index in [1.165, 1.54) is 10.7 Å². The lowest BCUT2D eigenvalue weighted by Crippen LogP contribution is -2.06. The van der Waals surface area contributed by atoms with E-state index < -0.39 is 11.7 Å². The molecule has 2 aromatic carbocycles. The molecule has 0 saturated carbocycles. The Balaban J connectivity index is 2.11. The van der Waals surface area contributed by atoms with Gasteiger partial charge in [0.05, 0.1) is 23.3 Å². The van der Waals surface area contributed by atoms with E-state index >= 15 is 0 Å². The molecule has 1 aromatic heterocycles. The van der Waals surface area contributed by atoms with E-state index in [9.17, 15) is 13.2 Å². The largest absolute Gasteiger partial charge is 0.416 e. The van der Waals surface area contributed by atoms with Gasteiger partial charge in [0.15, 0.2) is 0 Å². The highest BCUT2D eigenvalue weighted by Crippen LogP contribution is 2.33. The van der Waals surface area contributed by atoms with Gasteiger partial charge in [0, 0.05) is 22.0 Å². The van der Waals surface area contributed by atoms with Crippen LogP contribution in [0.3, 0.4) is 0 Å². The smallest absolute Gasteiger partial charge is 0.396 e. The standard InChI is InChI=1S/C19H15Cl2F3N2O/c20-14-6-4-12(16(21)10-14)11-26-18-9-13(19(22,23)24)5-7-15(18)17(25-26)3-1-2-8-27/h1,3-7,9-10,27H,2,8,11H2. The van der Waals surface area contributed by atoms with Crippen molar-refractivity contribution < 1.29 is 18.3 Å². The third-order valence-electron chi connectivity index (χ3n) is 4.01. The Bertz CT molecular complexity index is 997. The molecule has 142 valence electrons. The fourth-order valence-electron chi connectivity index (χ4n) is 2.70. The highest BCUT2D eigenvalue weighted by Gasteiger charge is 2.31. The van der Waals surface area contributed by atoms with Crippen LogP contribution in [-0.4, -0.2) is 21.5 Å². The molecule has 0 unspecified atom stereocenters. The van der Waals surface area contributed by atoms with Crippen LogP contribution in [-0.2, 0) is 12.7 Å². The summed E-state index contributed by atoms with van der Waals surface area (Å²) in [6, 6.07) is 8.48. The molecule has 0 aliphatic heterocycles. The maximum atomic E-state index is 13.1. The fourth-order valence-corrected chi connectivity index (χ4v) is 3.17. The topological polar surface area (TPSA) is 38.1 Å². The molecule has 0 amide bonds. The van der Waals surface area contributed by atoms with Gasteiger partial charge in [0.1, 0.15) is 0 Å². The van der Waals surface area contributed by atoms with Gasteiger partial charge in [-0.2, -0.15) is 18.3 Å². The molecule has 0 fully saturated rings. The Morgan fingerprint density at radius 1 is 1.11 bits per heavy atom. The zero-order valence-electron chi connectivity index (χ0n) is 14.0. The number of rotatable bonds is 5. The van der Waals surface area contributed by atoms with Crippen molar-refractivity contribution in [1.29, 1.82) is 0 Å².